The molecule has 1 fully saturated rings. The lowest BCUT2D eigenvalue weighted by Gasteiger charge is -2.24. The van der Waals surface area contributed by atoms with Crippen LogP contribution in [-0.2, 0) is 4.74 Å². The molecule has 0 aromatic carbocycles. The first-order chi connectivity index (χ1) is 7.86. The smallest absolute Gasteiger partial charge is 0.153 e. The maximum absolute atomic E-state index is 11.0. The van der Waals surface area contributed by atoms with E-state index in [0.717, 1.165) is 18.6 Å². The average Bonchev–Trinajstić information content (AvgIpc) is 3.14. The Balaban J connectivity index is 2.19. The number of ether oxygens (including phenoxy) is 1. The van der Waals surface area contributed by atoms with E-state index < -0.39 is 0 Å². The van der Waals surface area contributed by atoms with Crippen LogP contribution in [0.2, 0.25) is 0 Å². The van der Waals surface area contributed by atoms with Crippen molar-refractivity contribution in [2.45, 2.75) is 18.9 Å². The third-order valence-electron chi connectivity index (χ3n) is 2.74. The quantitative estimate of drug-likeness (QED) is 0.681. The third kappa shape index (κ3) is 2.39. The van der Waals surface area contributed by atoms with Crippen LogP contribution >= 0.6 is 0 Å². The van der Waals surface area contributed by atoms with Crippen molar-refractivity contribution in [2.24, 2.45) is 0 Å². The molecule has 0 radical (unpaired) electrons. The molecule has 0 saturated heterocycles. The average molecular weight is 220 g/mol. The standard InChI is InChI=1S/C12H16N2O2/c1-16-8-7-14(11-4-5-11)12-10(9-15)3-2-6-13-12/h2-3,6,9,11H,4-5,7-8H2,1H3. The van der Waals surface area contributed by atoms with E-state index in [2.05, 4.69) is 9.88 Å². The molecule has 0 amide bonds. The van der Waals surface area contributed by atoms with Crippen molar-refractivity contribution in [1.29, 1.82) is 0 Å². The Kier molecular flexibility index (Phi) is 3.51. The van der Waals surface area contributed by atoms with Gasteiger partial charge in [0.1, 0.15) is 5.82 Å². The van der Waals surface area contributed by atoms with E-state index in [1.807, 2.05) is 0 Å². The molecule has 1 saturated carbocycles. The third-order valence-corrected chi connectivity index (χ3v) is 2.74. The number of anilines is 1. The molecule has 0 spiro atoms. The zero-order valence-corrected chi connectivity index (χ0v) is 9.43. The Labute approximate surface area is 95.2 Å². The predicted molar refractivity (Wildman–Crippen MR) is 61.9 cm³/mol. The minimum Gasteiger partial charge on any atom is -0.383 e. The van der Waals surface area contributed by atoms with E-state index in [1.165, 1.54) is 12.8 Å². The SMILES string of the molecule is COCCN(c1ncccc1C=O)C1CC1. The van der Waals surface area contributed by atoms with Crippen LogP contribution < -0.4 is 4.90 Å². The van der Waals surface area contributed by atoms with Crippen LogP contribution in [0.1, 0.15) is 23.2 Å². The number of aldehydes is 1. The first-order valence-electron chi connectivity index (χ1n) is 5.52. The highest BCUT2D eigenvalue weighted by atomic mass is 16.5. The summed E-state index contributed by atoms with van der Waals surface area (Å²) in [4.78, 5) is 17.4. The lowest BCUT2D eigenvalue weighted by molar-refractivity contribution is 0.112. The summed E-state index contributed by atoms with van der Waals surface area (Å²) >= 11 is 0. The molecule has 1 aliphatic rings. The molecule has 0 unspecified atom stereocenters. The number of pyridine rings is 1. The van der Waals surface area contributed by atoms with Gasteiger partial charge in [0.15, 0.2) is 6.29 Å². The number of hydrogen-bond acceptors (Lipinski definition) is 4. The molecule has 1 aromatic rings. The maximum atomic E-state index is 11.0. The van der Waals surface area contributed by atoms with Crippen molar-refractivity contribution in [3.63, 3.8) is 0 Å². The zero-order valence-electron chi connectivity index (χ0n) is 9.43. The Morgan fingerprint density at radius 2 is 2.44 bits per heavy atom. The van der Waals surface area contributed by atoms with Gasteiger partial charge in [-0.05, 0) is 25.0 Å². The Bertz CT molecular complexity index is 364. The highest BCUT2D eigenvalue weighted by molar-refractivity contribution is 5.82. The molecule has 16 heavy (non-hydrogen) atoms. The summed E-state index contributed by atoms with van der Waals surface area (Å²) in [6, 6.07) is 4.12. The normalized spacial score (nSPS) is 14.8. The second-order valence-electron chi connectivity index (χ2n) is 3.95. The van der Waals surface area contributed by atoms with Crippen LogP contribution in [0.5, 0.6) is 0 Å². The molecule has 1 aliphatic carbocycles. The molecule has 2 rings (SSSR count). The van der Waals surface area contributed by atoms with E-state index in [4.69, 9.17) is 4.74 Å². The summed E-state index contributed by atoms with van der Waals surface area (Å²) in [5.74, 6) is 0.789. The lowest BCUT2D eigenvalue weighted by atomic mass is 10.2. The molecule has 1 aromatic heterocycles. The highest BCUT2D eigenvalue weighted by Crippen LogP contribution is 2.31. The molecular formula is C12H16N2O2. The van der Waals surface area contributed by atoms with Gasteiger partial charge in [-0.1, -0.05) is 0 Å². The number of carbonyl (C=O) groups is 1. The van der Waals surface area contributed by atoms with Gasteiger partial charge in [0, 0.05) is 25.9 Å². The van der Waals surface area contributed by atoms with Gasteiger partial charge in [-0.3, -0.25) is 4.79 Å². The lowest BCUT2D eigenvalue weighted by Crippen LogP contribution is -2.31. The number of aromatic nitrogens is 1. The summed E-state index contributed by atoms with van der Waals surface area (Å²) in [5, 5.41) is 0. The van der Waals surface area contributed by atoms with Gasteiger partial charge < -0.3 is 9.64 Å². The minimum absolute atomic E-state index is 0.531. The Hall–Kier alpha value is -1.42. The van der Waals surface area contributed by atoms with Crippen LogP contribution in [0.25, 0.3) is 0 Å². The summed E-state index contributed by atoms with van der Waals surface area (Å²) in [6.07, 6.45) is 4.95. The van der Waals surface area contributed by atoms with E-state index in [0.29, 0.717) is 18.2 Å². The number of methoxy groups -OCH3 is 1. The van der Waals surface area contributed by atoms with Crippen molar-refractivity contribution in [3.05, 3.63) is 23.9 Å². The summed E-state index contributed by atoms with van der Waals surface area (Å²) in [6.45, 7) is 1.45. The molecule has 0 N–H and O–H groups in total. The molecular weight excluding hydrogens is 204 g/mol. The number of rotatable bonds is 6. The molecule has 0 aliphatic heterocycles. The van der Waals surface area contributed by atoms with Gasteiger partial charge in [-0.25, -0.2) is 4.98 Å². The van der Waals surface area contributed by atoms with E-state index in [9.17, 15) is 4.79 Å². The maximum Gasteiger partial charge on any atom is 0.153 e. The van der Waals surface area contributed by atoms with Crippen molar-refractivity contribution in [2.75, 3.05) is 25.2 Å². The predicted octanol–water partition coefficient (Wildman–Crippen LogP) is 1.51. The minimum atomic E-state index is 0.531. The molecule has 1 heterocycles. The van der Waals surface area contributed by atoms with E-state index in [1.54, 1.807) is 25.4 Å². The summed E-state index contributed by atoms with van der Waals surface area (Å²) < 4.78 is 5.09. The summed E-state index contributed by atoms with van der Waals surface area (Å²) in [5.41, 5.74) is 0.658. The van der Waals surface area contributed by atoms with Crippen LogP contribution in [-0.4, -0.2) is 37.6 Å². The first kappa shape index (κ1) is 11.1. The first-order valence-corrected chi connectivity index (χ1v) is 5.52. The number of carbonyl (C=O) groups excluding carboxylic acids is 1. The molecule has 4 nitrogen and oxygen atoms in total. The van der Waals surface area contributed by atoms with Crippen molar-refractivity contribution in [3.8, 4) is 0 Å². The second-order valence-corrected chi connectivity index (χ2v) is 3.95. The van der Waals surface area contributed by atoms with Crippen LogP contribution in [0.4, 0.5) is 5.82 Å². The number of hydrogen-bond donors (Lipinski definition) is 0. The van der Waals surface area contributed by atoms with Crippen LogP contribution in [0.3, 0.4) is 0 Å². The van der Waals surface area contributed by atoms with Gasteiger partial charge in [-0.15, -0.1) is 0 Å². The van der Waals surface area contributed by atoms with Crippen molar-refractivity contribution in [1.82, 2.24) is 4.98 Å². The highest BCUT2D eigenvalue weighted by Gasteiger charge is 2.30. The molecule has 0 bridgehead atoms. The van der Waals surface area contributed by atoms with Gasteiger partial charge >= 0.3 is 0 Å². The van der Waals surface area contributed by atoms with E-state index in [-0.39, 0.29) is 0 Å². The Morgan fingerprint density at radius 3 is 3.06 bits per heavy atom. The van der Waals surface area contributed by atoms with E-state index >= 15 is 0 Å². The Morgan fingerprint density at radius 1 is 1.62 bits per heavy atom. The fourth-order valence-electron chi connectivity index (χ4n) is 1.78. The fourth-order valence-corrected chi connectivity index (χ4v) is 1.78. The molecule has 86 valence electrons. The topological polar surface area (TPSA) is 42.4 Å². The monoisotopic (exact) mass is 220 g/mol. The second kappa shape index (κ2) is 5.07. The largest absolute Gasteiger partial charge is 0.383 e. The van der Waals surface area contributed by atoms with Crippen LogP contribution in [0, 0.1) is 0 Å². The zero-order chi connectivity index (χ0) is 11.4. The summed E-state index contributed by atoms with van der Waals surface area (Å²) in [7, 11) is 1.68. The molecule has 4 heteroatoms. The van der Waals surface area contributed by atoms with Gasteiger partial charge in [0.2, 0.25) is 0 Å². The van der Waals surface area contributed by atoms with Crippen LogP contribution in [0.15, 0.2) is 18.3 Å². The van der Waals surface area contributed by atoms with Crippen molar-refractivity contribution >= 4 is 12.1 Å². The molecule has 0 atom stereocenters. The fraction of sp³-hybridized carbons (Fsp3) is 0.500. The van der Waals surface area contributed by atoms with Crippen molar-refractivity contribution < 1.29 is 9.53 Å². The number of nitrogens with zero attached hydrogens (tertiary/aromatic N) is 2. The van der Waals surface area contributed by atoms with Gasteiger partial charge in [0.25, 0.3) is 0 Å². The van der Waals surface area contributed by atoms with Gasteiger partial charge in [0.05, 0.1) is 12.2 Å². The van der Waals surface area contributed by atoms with Gasteiger partial charge in [-0.2, -0.15) is 0 Å².